The average Bonchev–Trinajstić information content (AvgIpc) is 3.60. The second-order valence-corrected chi connectivity index (χ2v) is 15.1. The van der Waals surface area contributed by atoms with Crippen molar-refractivity contribution >= 4 is 63.6 Å². The average molecular weight is 806 g/mol. The van der Waals surface area contributed by atoms with Gasteiger partial charge >= 0.3 is 5.97 Å². The molecule has 13 heteroatoms. The number of anilines is 2. The summed E-state index contributed by atoms with van der Waals surface area (Å²) in [5.41, 5.74) is 3.41. The third-order valence-electron chi connectivity index (χ3n) is 9.10. The molecule has 1 heterocycles. The zero-order valence-electron chi connectivity index (χ0n) is 32.0. The minimum atomic E-state index is -0.716. The first-order chi connectivity index (χ1) is 27.7. The fourth-order valence-corrected chi connectivity index (χ4v) is 8.79. The summed E-state index contributed by atoms with van der Waals surface area (Å²) >= 11 is 2.74. The Hall–Kier alpha value is -6.05. The Morgan fingerprint density at radius 3 is 2.16 bits per heavy atom. The zero-order valence-corrected chi connectivity index (χ0v) is 33.6. The van der Waals surface area contributed by atoms with E-state index in [4.69, 9.17) is 18.9 Å². The van der Waals surface area contributed by atoms with Crippen molar-refractivity contribution in [3.63, 3.8) is 0 Å². The number of thioether (sulfide) groups is 1. The molecule has 4 aromatic carbocycles. The Morgan fingerprint density at radius 1 is 0.807 bits per heavy atom. The molecular weight excluding hydrogens is 763 g/mol. The molecule has 1 aliphatic carbocycles. The summed E-state index contributed by atoms with van der Waals surface area (Å²) in [5, 5.41) is 8.53. The van der Waals surface area contributed by atoms with Gasteiger partial charge in [0.1, 0.15) is 15.9 Å². The normalized spacial score (nSPS) is 12.7. The number of aryl methyl sites for hydroxylation is 1. The molecule has 294 valence electrons. The van der Waals surface area contributed by atoms with Crippen LogP contribution in [0.2, 0.25) is 0 Å². The van der Waals surface area contributed by atoms with Gasteiger partial charge in [0, 0.05) is 21.0 Å². The Balaban J connectivity index is 1.28. The maximum Gasteiger partial charge on any atom is 0.341 e. The van der Waals surface area contributed by atoms with Gasteiger partial charge in [0.05, 0.1) is 33.5 Å². The SMILES string of the molecule is CCOC(=O)c1c(NC(=O)C(Sc2cccc(NC(=O)/C(=C\c3cc(OC)c(OC)c(OC)c3)NC(=O)c3ccccc3)c2)c2ccccc2)sc2c1CCCC2. The van der Waals surface area contributed by atoms with E-state index in [1.165, 1.54) is 50.5 Å². The van der Waals surface area contributed by atoms with Crippen molar-refractivity contribution in [2.45, 2.75) is 42.8 Å². The van der Waals surface area contributed by atoms with E-state index in [0.29, 0.717) is 49.5 Å². The van der Waals surface area contributed by atoms with E-state index in [-0.39, 0.29) is 18.2 Å². The molecule has 0 saturated carbocycles. The lowest BCUT2D eigenvalue weighted by Crippen LogP contribution is -2.30. The van der Waals surface area contributed by atoms with Crippen LogP contribution in [-0.4, -0.2) is 51.6 Å². The quantitative estimate of drug-likeness (QED) is 0.0538. The van der Waals surface area contributed by atoms with Gasteiger partial charge in [-0.25, -0.2) is 4.79 Å². The highest BCUT2D eigenvalue weighted by Gasteiger charge is 2.30. The molecule has 3 amide bonds. The Morgan fingerprint density at radius 2 is 1.49 bits per heavy atom. The molecule has 3 N–H and O–H groups in total. The third kappa shape index (κ3) is 9.86. The summed E-state index contributed by atoms with van der Waals surface area (Å²) in [5.74, 6) is -0.696. The van der Waals surface area contributed by atoms with Gasteiger partial charge in [-0.2, -0.15) is 0 Å². The number of thiophene rings is 1. The molecule has 6 rings (SSSR count). The highest BCUT2D eigenvalue weighted by atomic mass is 32.2. The van der Waals surface area contributed by atoms with E-state index < -0.39 is 23.0 Å². The lowest BCUT2D eigenvalue weighted by molar-refractivity contribution is -0.116. The second kappa shape index (κ2) is 19.2. The molecule has 5 aromatic rings. The first kappa shape index (κ1) is 40.6. The molecule has 11 nitrogen and oxygen atoms in total. The number of hydrogen-bond donors (Lipinski definition) is 3. The van der Waals surface area contributed by atoms with Crippen LogP contribution in [0.3, 0.4) is 0 Å². The van der Waals surface area contributed by atoms with Gasteiger partial charge in [0.25, 0.3) is 11.8 Å². The van der Waals surface area contributed by atoms with Crippen LogP contribution in [0.15, 0.2) is 108 Å². The summed E-state index contributed by atoms with van der Waals surface area (Å²) in [6.07, 6.45) is 5.14. The van der Waals surface area contributed by atoms with Gasteiger partial charge in [-0.15, -0.1) is 23.1 Å². The first-order valence-corrected chi connectivity index (χ1v) is 20.1. The molecule has 57 heavy (non-hydrogen) atoms. The van der Waals surface area contributed by atoms with E-state index in [9.17, 15) is 19.2 Å². The molecule has 1 unspecified atom stereocenters. The van der Waals surface area contributed by atoms with Crippen LogP contribution in [0, 0.1) is 0 Å². The van der Waals surface area contributed by atoms with Crippen LogP contribution in [0.5, 0.6) is 17.2 Å². The van der Waals surface area contributed by atoms with Crippen LogP contribution in [-0.2, 0) is 27.2 Å². The summed E-state index contributed by atoms with van der Waals surface area (Å²) in [7, 11) is 4.47. The lowest BCUT2D eigenvalue weighted by Gasteiger charge is -2.18. The van der Waals surface area contributed by atoms with Crippen LogP contribution < -0.4 is 30.2 Å². The summed E-state index contributed by atoms with van der Waals surface area (Å²) < 4.78 is 21.9. The fraction of sp³-hybridized carbons (Fsp3) is 0.227. The monoisotopic (exact) mass is 805 g/mol. The molecule has 0 aliphatic heterocycles. The predicted octanol–water partition coefficient (Wildman–Crippen LogP) is 8.71. The molecule has 0 radical (unpaired) electrons. The number of methoxy groups -OCH3 is 3. The number of ether oxygens (including phenoxy) is 4. The van der Waals surface area contributed by atoms with Crippen molar-refractivity contribution in [3.8, 4) is 17.2 Å². The molecule has 0 bridgehead atoms. The topological polar surface area (TPSA) is 141 Å². The van der Waals surface area contributed by atoms with Gasteiger partial charge in [-0.1, -0.05) is 54.6 Å². The van der Waals surface area contributed by atoms with E-state index in [1.54, 1.807) is 67.6 Å². The minimum Gasteiger partial charge on any atom is -0.493 e. The van der Waals surface area contributed by atoms with Crippen molar-refractivity contribution in [2.24, 2.45) is 0 Å². The van der Waals surface area contributed by atoms with Crippen molar-refractivity contribution in [2.75, 3.05) is 38.6 Å². The van der Waals surface area contributed by atoms with E-state index in [0.717, 1.165) is 41.7 Å². The second-order valence-electron chi connectivity index (χ2n) is 12.9. The molecule has 1 aromatic heterocycles. The molecule has 0 spiro atoms. The molecule has 1 aliphatic rings. The smallest absolute Gasteiger partial charge is 0.341 e. The van der Waals surface area contributed by atoms with Crippen LogP contribution >= 0.6 is 23.1 Å². The minimum absolute atomic E-state index is 0.0474. The molecule has 0 fully saturated rings. The highest BCUT2D eigenvalue weighted by Crippen LogP contribution is 2.42. The zero-order chi connectivity index (χ0) is 40.3. The summed E-state index contributed by atoms with van der Waals surface area (Å²) in [4.78, 5) is 56.5. The number of amides is 3. The van der Waals surface area contributed by atoms with Crippen molar-refractivity contribution in [1.29, 1.82) is 0 Å². The number of hydrogen-bond acceptors (Lipinski definition) is 10. The molecule has 1 atom stereocenters. The largest absolute Gasteiger partial charge is 0.493 e. The number of esters is 1. The van der Waals surface area contributed by atoms with Gasteiger partial charge in [-0.05, 0) is 97.8 Å². The first-order valence-electron chi connectivity index (χ1n) is 18.4. The maximum atomic E-state index is 14.2. The van der Waals surface area contributed by atoms with Gasteiger partial charge in [0.15, 0.2) is 11.5 Å². The standard InChI is InChI=1S/C44H43N3O8S2/c1-5-55-44(51)37-32-21-12-13-22-36(32)57-43(37)47-42(50)39(28-15-8-6-9-16-28)56-31-20-14-19-30(26-31)45-41(49)33(46-40(48)29-17-10-7-11-18-29)23-27-24-34(52-2)38(54-4)35(25-27)53-3/h6-11,14-20,23-26,39H,5,12-13,21-22H2,1-4H3,(H,45,49)(H,46,48)(H,47,50)/b33-23+. The van der Waals surface area contributed by atoms with E-state index in [1.807, 2.05) is 36.4 Å². The predicted molar refractivity (Wildman–Crippen MR) is 224 cm³/mol. The van der Waals surface area contributed by atoms with Gasteiger partial charge in [0.2, 0.25) is 11.7 Å². The van der Waals surface area contributed by atoms with Crippen molar-refractivity contribution in [3.05, 3.63) is 135 Å². The summed E-state index contributed by atoms with van der Waals surface area (Å²) in [6, 6.07) is 28.4. The van der Waals surface area contributed by atoms with Crippen LogP contribution in [0.4, 0.5) is 10.7 Å². The van der Waals surface area contributed by atoms with Gasteiger partial charge < -0.3 is 34.9 Å². The Bertz CT molecular complexity index is 2250. The maximum absolute atomic E-state index is 14.2. The number of nitrogens with one attached hydrogen (secondary N) is 3. The Kier molecular flexibility index (Phi) is 13.7. The van der Waals surface area contributed by atoms with Crippen LogP contribution in [0.25, 0.3) is 6.08 Å². The number of fused-ring (bicyclic) bond motifs is 1. The van der Waals surface area contributed by atoms with Crippen molar-refractivity contribution < 1.29 is 38.1 Å². The number of rotatable bonds is 15. The third-order valence-corrected chi connectivity index (χ3v) is 11.6. The lowest BCUT2D eigenvalue weighted by atomic mass is 9.95. The Labute approximate surface area is 339 Å². The molecule has 0 saturated heterocycles. The van der Waals surface area contributed by atoms with Crippen LogP contribution in [0.1, 0.15) is 67.3 Å². The number of benzene rings is 4. The summed E-state index contributed by atoms with van der Waals surface area (Å²) in [6.45, 7) is 2.00. The molecular formula is C44H43N3O8S2. The fourth-order valence-electron chi connectivity index (χ4n) is 6.43. The van der Waals surface area contributed by atoms with E-state index in [2.05, 4.69) is 16.0 Å². The van der Waals surface area contributed by atoms with Gasteiger partial charge in [-0.3, -0.25) is 14.4 Å². The van der Waals surface area contributed by atoms with Crippen molar-refractivity contribution in [1.82, 2.24) is 5.32 Å². The number of carbonyl (C=O) groups excluding carboxylic acids is 4. The number of carbonyl (C=O) groups is 4. The highest BCUT2D eigenvalue weighted by molar-refractivity contribution is 8.00. The van der Waals surface area contributed by atoms with E-state index >= 15 is 0 Å².